The van der Waals surface area contributed by atoms with Crippen LogP contribution < -0.4 is 10.6 Å². The van der Waals surface area contributed by atoms with Crippen molar-refractivity contribution >= 4 is 22.5 Å². The molecule has 0 saturated carbocycles. The lowest BCUT2D eigenvalue weighted by Crippen LogP contribution is -2.47. The van der Waals surface area contributed by atoms with E-state index in [-0.39, 0.29) is 12.1 Å². The summed E-state index contributed by atoms with van der Waals surface area (Å²) in [6.45, 7) is 4.00. The number of nitrogens with one attached hydrogen (secondary N) is 2. The summed E-state index contributed by atoms with van der Waals surface area (Å²) in [7, 11) is 0. The number of ether oxygens (including phenoxy) is 1. The monoisotopic (exact) mass is 353 g/mol. The molecular weight excluding hydrogens is 326 g/mol. The van der Waals surface area contributed by atoms with Crippen LogP contribution in [0.15, 0.2) is 42.5 Å². The van der Waals surface area contributed by atoms with E-state index < -0.39 is 0 Å². The number of nitrogens with zero attached hydrogens (tertiary/aromatic N) is 1. The number of likely N-dealkylation sites (tertiary alicyclic amines) is 1. The highest BCUT2D eigenvalue weighted by atomic mass is 16.5. The number of anilines is 1. The van der Waals surface area contributed by atoms with Crippen LogP contribution >= 0.6 is 0 Å². The van der Waals surface area contributed by atoms with Gasteiger partial charge in [-0.3, -0.25) is 0 Å². The van der Waals surface area contributed by atoms with Gasteiger partial charge in [-0.2, -0.15) is 0 Å². The van der Waals surface area contributed by atoms with E-state index in [0.29, 0.717) is 6.10 Å². The molecule has 138 valence electrons. The lowest BCUT2D eigenvalue weighted by atomic mass is 10.0. The zero-order valence-electron chi connectivity index (χ0n) is 15.1. The Morgan fingerprint density at radius 3 is 2.69 bits per heavy atom. The molecule has 0 aliphatic carbocycles. The van der Waals surface area contributed by atoms with Gasteiger partial charge in [0.25, 0.3) is 0 Å². The minimum absolute atomic E-state index is 0.112. The largest absolute Gasteiger partial charge is 0.377 e. The SMILES string of the molecule is O=C(Nc1cccc2ccccc12)NC1CCN(CC2CCCO2)CC1. The Morgan fingerprint density at radius 1 is 1.08 bits per heavy atom. The molecule has 2 aliphatic rings. The number of carbonyl (C=O) groups excluding carboxylic acids is 1. The second-order valence-electron chi connectivity index (χ2n) is 7.34. The summed E-state index contributed by atoms with van der Waals surface area (Å²) in [6, 6.07) is 14.2. The van der Waals surface area contributed by atoms with Crippen LogP contribution in [0.1, 0.15) is 25.7 Å². The van der Waals surface area contributed by atoms with Gasteiger partial charge in [-0.05, 0) is 37.1 Å². The molecule has 2 aliphatic heterocycles. The summed E-state index contributed by atoms with van der Waals surface area (Å²) in [5, 5.41) is 8.36. The van der Waals surface area contributed by atoms with Gasteiger partial charge in [-0.15, -0.1) is 0 Å². The summed E-state index contributed by atoms with van der Waals surface area (Å²) >= 11 is 0. The van der Waals surface area contributed by atoms with Crippen LogP contribution in [-0.4, -0.2) is 49.3 Å². The quantitative estimate of drug-likeness (QED) is 0.883. The minimum Gasteiger partial charge on any atom is -0.377 e. The molecule has 2 aromatic rings. The van der Waals surface area contributed by atoms with E-state index in [0.717, 1.165) is 55.5 Å². The summed E-state index contributed by atoms with van der Waals surface area (Å²) < 4.78 is 5.73. The van der Waals surface area contributed by atoms with Crippen molar-refractivity contribution in [2.45, 2.75) is 37.8 Å². The van der Waals surface area contributed by atoms with Gasteiger partial charge < -0.3 is 20.3 Å². The molecule has 0 radical (unpaired) electrons. The predicted octanol–water partition coefficient (Wildman–Crippen LogP) is 3.60. The number of benzene rings is 2. The van der Waals surface area contributed by atoms with E-state index in [4.69, 9.17) is 4.74 Å². The molecule has 2 saturated heterocycles. The lowest BCUT2D eigenvalue weighted by Gasteiger charge is -2.33. The lowest BCUT2D eigenvalue weighted by molar-refractivity contribution is 0.0633. The summed E-state index contributed by atoms with van der Waals surface area (Å²) in [6.07, 6.45) is 4.78. The van der Waals surface area contributed by atoms with Crippen LogP contribution in [0.3, 0.4) is 0 Å². The van der Waals surface area contributed by atoms with E-state index in [1.54, 1.807) is 0 Å². The van der Waals surface area contributed by atoms with Crippen LogP contribution in [0.2, 0.25) is 0 Å². The predicted molar refractivity (Wildman–Crippen MR) is 105 cm³/mol. The second kappa shape index (κ2) is 8.06. The number of urea groups is 1. The van der Waals surface area contributed by atoms with E-state index >= 15 is 0 Å². The van der Waals surface area contributed by atoms with Crippen molar-refractivity contribution in [3.8, 4) is 0 Å². The first-order valence-electron chi connectivity index (χ1n) is 9.67. The molecule has 1 unspecified atom stereocenters. The highest BCUT2D eigenvalue weighted by Crippen LogP contribution is 2.23. The van der Waals surface area contributed by atoms with Gasteiger partial charge in [0.2, 0.25) is 0 Å². The zero-order chi connectivity index (χ0) is 17.8. The number of hydrogen-bond donors (Lipinski definition) is 2. The summed E-state index contributed by atoms with van der Waals surface area (Å²) in [4.78, 5) is 14.9. The third-order valence-electron chi connectivity index (χ3n) is 5.45. The van der Waals surface area contributed by atoms with E-state index in [1.807, 2.05) is 30.3 Å². The Labute approximate surface area is 154 Å². The van der Waals surface area contributed by atoms with Gasteiger partial charge in [0.05, 0.1) is 11.8 Å². The average Bonchev–Trinajstić information content (AvgIpc) is 3.17. The third kappa shape index (κ3) is 4.17. The Kier molecular flexibility index (Phi) is 5.37. The smallest absolute Gasteiger partial charge is 0.319 e. The fraction of sp³-hybridized carbons (Fsp3) is 0.476. The molecule has 5 nitrogen and oxygen atoms in total. The Balaban J connectivity index is 1.27. The van der Waals surface area contributed by atoms with Crippen LogP contribution in [0, 0.1) is 0 Å². The molecule has 0 bridgehead atoms. The molecule has 2 amide bonds. The molecule has 1 atom stereocenters. The highest BCUT2D eigenvalue weighted by Gasteiger charge is 2.24. The van der Waals surface area contributed by atoms with Gasteiger partial charge in [0.1, 0.15) is 0 Å². The molecule has 4 rings (SSSR count). The topological polar surface area (TPSA) is 53.6 Å². The van der Waals surface area contributed by atoms with Gasteiger partial charge in [-0.1, -0.05) is 36.4 Å². The molecule has 5 heteroatoms. The average molecular weight is 353 g/mol. The normalized spacial score (nSPS) is 21.8. The first-order chi connectivity index (χ1) is 12.8. The Hall–Kier alpha value is -2.11. The molecule has 2 fully saturated rings. The van der Waals surface area contributed by atoms with Crippen LogP contribution in [0.4, 0.5) is 10.5 Å². The van der Waals surface area contributed by atoms with E-state index in [9.17, 15) is 4.79 Å². The van der Waals surface area contributed by atoms with Crippen molar-refractivity contribution in [2.75, 3.05) is 31.6 Å². The first kappa shape index (κ1) is 17.3. The molecule has 2 heterocycles. The molecule has 2 N–H and O–H groups in total. The van der Waals surface area contributed by atoms with Crippen LogP contribution in [0.5, 0.6) is 0 Å². The van der Waals surface area contributed by atoms with Crippen molar-refractivity contribution in [2.24, 2.45) is 0 Å². The number of amides is 2. The maximum Gasteiger partial charge on any atom is 0.319 e. The van der Waals surface area contributed by atoms with Gasteiger partial charge >= 0.3 is 6.03 Å². The van der Waals surface area contributed by atoms with Crippen molar-refractivity contribution in [3.63, 3.8) is 0 Å². The zero-order valence-corrected chi connectivity index (χ0v) is 15.1. The fourth-order valence-electron chi connectivity index (χ4n) is 4.01. The molecule has 2 aromatic carbocycles. The van der Waals surface area contributed by atoms with Crippen molar-refractivity contribution in [1.29, 1.82) is 0 Å². The van der Waals surface area contributed by atoms with Gasteiger partial charge in [0.15, 0.2) is 0 Å². The molecule has 0 spiro atoms. The van der Waals surface area contributed by atoms with Gasteiger partial charge in [0, 0.05) is 37.7 Å². The summed E-state index contributed by atoms with van der Waals surface area (Å²) in [5.74, 6) is 0. The Bertz CT molecular complexity index is 745. The maximum absolute atomic E-state index is 12.4. The molecular formula is C21H27N3O2. The van der Waals surface area contributed by atoms with Crippen LogP contribution in [0.25, 0.3) is 10.8 Å². The van der Waals surface area contributed by atoms with Gasteiger partial charge in [-0.25, -0.2) is 4.79 Å². The van der Waals surface area contributed by atoms with Crippen LogP contribution in [-0.2, 0) is 4.74 Å². The Morgan fingerprint density at radius 2 is 1.88 bits per heavy atom. The highest BCUT2D eigenvalue weighted by molar-refractivity contribution is 6.01. The molecule has 26 heavy (non-hydrogen) atoms. The number of rotatable bonds is 4. The third-order valence-corrected chi connectivity index (χ3v) is 5.45. The number of carbonyl (C=O) groups is 1. The first-order valence-corrected chi connectivity index (χ1v) is 9.67. The maximum atomic E-state index is 12.4. The van der Waals surface area contributed by atoms with E-state index in [2.05, 4.69) is 27.7 Å². The number of hydrogen-bond acceptors (Lipinski definition) is 3. The number of fused-ring (bicyclic) bond motifs is 1. The van der Waals surface area contributed by atoms with Crippen molar-refractivity contribution in [1.82, 2.24) is 10.2 Å². The fourth-order valence-corrected chi connectivity index (χ4v) is 4.01. The second-order valence-corrected chi connectivity index (χ2v) is 7.34. The summed E-state index contributed by atoms with van der Waals surface area (Å²) in [5.41, 5.74) is 0.858. The van der Waals surface area contributed by atoms with Crippen molar-refractivity contribution in [3.05, 3.63) is 42.5 Å². The van der Waals surface area contributed by atoms with Crippen molar-refractivity contribution < 1.29 is 9.53 Å². The standard InChI is InChI=1S/C21H27N3O2/c25-21(23-20-9-3-6-16-5-1-2-8-19(16)20)22-17-10-12-24(13-11-17)15-18-7-4-14-26-18/h1-3,5-6,8-9,17-18H,4,7,10-15H2,(H2,22,23,25). The number of piperidine rings is 1. The van der Waals surface area contributed by atoms with E-state index in [1.165, 1.54) is 12.8 Å². The minimum atomic E-state index is -0.112. The molecule has 0 aromatic heterocycles.